The first-order valence-electron chi connectivity index (χ1n) is 7.52. The van der Waals surface area contributed by atoms with E-state index < -0.39 is 0 Å². The predicted octanol–water partition coefficient (Wildman–Crippen LogP) is -0.453. The highest BCUT2D eigenvalue weighted by Gasteiger charge is 2.19. The van der Waals surface area contributed by atoms with E-state index in [0.29, 0.717) is 37.3 Å². The second-order valence-electron chi connectivity index (χ2n) is 4.97. The Balaban J connectivity index is 2.88. The standard InChI is InChI=1S/C14H23N5O3/c1-4-10-16-12-11(17(10)5-2)13(20)19(7-6-15)14(21)18(12)8-9-22-3/h4-9,15H2,1-3H3. The van der Waals surface area contributed by atoms with Crippen molar-refractivity contribution in [3.63, 3.8) is 0 Å². The molecular weight excluding hydrogens is 286 g/mol. The number of imidazole rings is 1. The minimum absolute atomic E-state index is 0.191. The number of nitrogens with zero attached hydrogens (tertiary/aromatic N) is 4. The molecule has 2 rings (SSSR count). The second-order valence-corrected chi connectivity index (χ2v) is 4.97. The van der Waals surface area contributed by atoms with Crippen molar-refractivity contribution >= 4 is 11.2 Å². The number of ether oxygens (including phenoxy) is 1. The normalized spacial score (nSPS) is 11.5. The van der Waals surface area contributed by atoms with Gasteiger partial charge in [0.2, 0.25) is 0 Å². The zero-order valence-corrected chi connectivity index (χ0v) is 13.3. The molecule has 2 N–H and O–H groups in total. The summed E-state index contributed by atoms with van der Waals surface area (Å²) in [6.07, 6.45) is 0.692. The maximum atomic E-state index is 12.7. The molecule has 0 atom stereocenters. The van der Waals surface area contributed by atoms with Crippen LogP contribution in [0.5, 0.6) is 0 Å². The van der Waals surface area contributed by atoms with Crippen LogP contribution in [-0.2, 0) is 30.8 Å². The van der Waals surface area contributed by atoms with Crippen LogP contribution in [0.3, 0.4) is 0 Å². The van der Waals surface area contributed by atoms with Crippen LogP contribution in [0.25, 0.3) is 11.2 Å². The molecule has 8 heteroatoms. The minimum Gasteiger partial charge on any atom is -0.383 e. The number of aromatic nitrogens is 4. The zero-order chi connectivity index (χ0) is 16.3. The van der Waals surface area contributed by atoms with E-state index in [-0.39, 0.29) is 24.3 Å². The largest absolute Gasteiger partial charge is 0.383 e. The van der Waals surface area contributed by atoms with Crippen molar-refractivity contribution in [1.82, 2.24) is 18.7 Å². The van der Waals surface area contributed by atoms with Gasteiger partial charge in [-0.1, -0.05) is 6.92 Å². The van der Waals surface area contributed by atoms with Gasteiger partial charge in [0.15, 0.2) is 11.2 Å². The predicted molar refractivity (Wildman–Crippen MR) is 84.2 cm³/mol. The van der Waals surface area contributed by atoms with Gasteiger partial charge in [0.1, 0.15) is 5.82 Å². The monoisotopic (exact) mass is 309 g/mol. The van der Waals surface area contributed by atoms with Crippen molar-refractivity contribution in [1.29, 1.82) is 0 Å². The average Bonchev–Trinajstić information content (AvgIpc) is 2.90. The summed E-state index contributed by atoms with van der Waals surface area (Å²) in [6.45, 7) is 5.70. The van der Waals surface area contributed by atoms with Crippen molar-refractivity contribution in [3.05, 3.63) is 26.7 Å². The molecule has 0 aliphatic carbocycles. The molecule has 0 unspecified atom stereocenters. The molecule has 0 fully saturated rings. The maximum Gasteiger partial charge on any atom is 0.332 e. The van der Waals surface area contributed by atoms with Gasteiger partial charge in [-0.3, -0.25) is 13.9 Å². The topological polar surface area (TPSA) is 97.1 Å². The number of methoxy groups -OCH3 is 1. The molecule has 0 aliphatic rings. The fourth-order valence-corrected chi connectivity index (χ4v) is 2.66. The fourth-order valence-electron chi connectivity index (χ4n) is 2.66. The lowest BCUT2D eigenvalue weighted by atomic mass is 10.4. The van der Waals surface area contributed by atoms with Crippen LogP contribution in [0.4, 0.5) is 0 Å². The molecule has 2 heterocycles. The Morgan fingerprint density at radius 2 is 1.86 bits per heavy atom. The number of hydrogen-bond acceptors (Lipinski definition) is 5. The molecule has 0 saturated carbocycles. The molecule has 2 aromatic rings. The quantitative estimate of drug-likeness (QED) is 0.747. The van der Waals surface area contributed by atoms with Crippen molar-refractivity contribution in [2.75, 3.05) is 20.3 Å². The van der Waals surface area contributed by atoms with Gasteiger partial charge in [-0.25, -0.2) is 9.78 Å². The molecule has 0 aliphatic heterocycles. The first-order valence-corrected chi connectivity index (χ1v) is 7.52. The number of aryl methyl sites for hydroxylation is 2. The van der Waals surface area contributed by atoms with Crippen LogP contribution in [0.1, 0.15) is 19.7 Å². The Bertz CT molecular complexity index is 771. The second kappa shape index (κ2) is 6.89. The van der Waals surface area contributed by atoms with E-state index in [4.69, 9.17) is 10.5 Å². The first kappa shape index (κ1) is 16.4. The van der Waals surface area contributed by atoms with Gasteiger partial charge >= 0.3 is 5.69 Å². The van der Waals surface area contributed by atoms with Crippen molar-refractivity contribution < 1.29 is 4.74 Å². The summed E-state index contributed by atoms with van der Waals surface area (Å²) >= 11 is 0. The molecule has 0 bridgehead atoms. The van der Waals surface area contributed by atoms with Crippen LogP contribution < -0.4 is 17.0 Å². The number of nitrogens with two attached hydrogens (primary N) is 1. The fraction of sp³-hybridized carbons (Fsp3) is 0.643. The van der Waals surface area contributed by atoms with Gasteiger partial charge in [0.25, 0.3) is 5.56 Å². The van der Waals surface area contributed by atoms with E-state index in [9.17, 15) is 9.59 Å². The highest BCUT2D eigenvalue weighted by molar-refractivity contribution is 5.71. The van der Waals surface area contributed by atoms with Crippen LogP contribution in [0, 0.1) is 0 Å². The number of fused-ring (bicyclic) bond motifs is 1. The van der Waals surface area contributed by atoms with Crippen LogP contribution >= 0.6 is 0 Å². The molecule has 0 aromatic carbocycles. The molecule has 2 aromatic heterocycles. The number of rotatable bonds is 7. The van der Waals surface area contributed by atoms with Gasteiger partial charge in [-0.2, -0.15) is 0 Å². The summed E-state index contributed by atoms with van der Waals surface area (Å²) in [5.41, 5.74) is 5.72. The smallest absolute Gasteiger partial charge is 0.332 e. The number of hydrogen-bond donors (Lipinski definition) is 1. The van der Waals surface area contributed by atoms with Gasteiger partial charge in [0.05, 0.1) is 13.2 Å². The Labute approximate surface area is 128 Å². The van der Waals surface area contributed by atoms with E-state index in [1.807, 2.05) is 18.4 Å². The third-order valence-electron chi connectivity index (χ3n) is 3.70. The van der Waals surface area contributed by atoms with Crippen LogP contribution in [0.15, 0.2) is 9.59 Å². The summed E-state index contributed by atoms with van der Waals surface area (Å²) in [5, 5.41) is 0. The van der Waals surface area contributed by atoms with Crippen molar-refractivity contribution in [2.45, 2.75) is 39.9 Å². The Kier molecular flexibility index (Phi) is 5.15. The first-order chi connectivity index (χ1) is 10.6. The maximum absolute atomic E-state index is 12.7. The van der Waals surface area contributed by atoms with Gasteiger partial charge in [0, 0.05) is 33.2 Å². The lowest BCUT2D eigenvalue weighted by Crippen LogP contribution is -2.42. The molecule has 22 heavy (non-hydrogen) atoms. The third kappa shape index (κ3) is 2.59. The third-order valence-corrected chi connectivity index (χ3v) is 3.70. The van der Waals surface area contributed by atoms with Crippen molar-refractivity contribution in [3.8, 4) is 0 Å². The molecule has 8 nitrogen and oxygen atoms in total. The summed E-state index contributed by atoms with van der Waals surface area (Å²) in [7, 11) is 1.57. The average molecular weight is 309 g/mol. The summed E-state index contributed by atoms with van der Waals surface area (Å²) in [5.74, 6) is 0.797. The minimum atomic E-state index is -0.386. The van der Waals surface area contributed by atoms with E-state index in [0.717, 1.165) is 5.82 Å². The SMILES string of the molecule is CCc1nc2c(c(=O)n(CCN)c(=O)n2CCOC)n1CC. The van der Waals surface area contributed by atoms with E-state index >= 15 is 0 Å². The van der Waals surface area contributed by atoms with Gasteiger partial charge in [-0.05, 0) is 6.92 Å². The molecule has 0 saturated heterocycles. The van der Waals surface area contributed by atoms with Gasteiger partial charge < -0.3 is 15.0 Å². The summed E-state index contributed by atoms with van der Waals surface area (Å²) < 4.78 is 9.62. The highest BCUT2D eigenvalue weighted by atomic mass is 16.5. The zero-order valence-electron chi connectivity index (χ0n) is 13.3. The Morgan fingerprint density at radius 3 is 2.41 bits per heavy atom. The molecule has 0 spiro atoms. The van der Waals surface area contributed by atoms with E-state index in [2.05, 4.69) is 4.98 Å². The highest BCUT2D eigenvalue weighted by Crippen LogP contribution is 2.12. The summed E-state index contributed by atoms with van der Waals surface area (Å²) in [6, 6.07) is 0. The summed E-state index contributed by atoms with van der Waals surface area (Å²) in [4.78, 5) is 29.7. The molecular formula is C14H23N5O3. The van der Waals surface area contributed by atoms with E-state index in [1.54, 1.807) is 7.11 Å². The van der Waals surface area contributed by atoms with Crippen molar-refractivity contribution in [2.24, 2.45) is 5.73 Å². The molecule has 0 amide bonds. The Hall–Kier alpha value is -1.93. The Morgan fingerprint density at radius 1 is 1.14 bits per heavy atom. The van der Waals surface area contributed by atoms with Gasteiger partial charge in [-0.15, -0.1) is 0 Å². The van der Waals surface area contributed by atoms with Crippen LogP contribution in [0.2, 0.25) is 0 Å². The lowest BCUT2D eigenvalue weighted by Gasteiger charge is -2.11. The van der Waals surface area contributed by atoms with Crippen LogP contribution in [-0.4, -0.2) is 38.9 Å². The lowest BCUT2D eigenvalue weighted by molar-refractivity contribution is 0.186. The molecule has 0 radical (unpaired) electrons. The van der Waals surface area contributed by atoms with E-state index in [1.165, 1.54) is 9.13 Å². The molecule has 122 valence electrons.